The quantitative estimate of drug-likeness (QED) is 0.608. The third-order valence-electron chi connectivity index (χ3n) is 6.20. The van der Waals surface area contributed by atoms with Gasteiger partial charge in [0.05, 0.1) is 5.69 Å². The second kappa shape index (κ2) is 8.61. The summed E-state index contributed by atoms with van der Waals surface area (Å²) >= 11 is 0. The Balaban J connectivity index is 1.60. The van der Waals surface area contributed by atoms with E-state index in [0.29, 0.717) is 12.2 Å². The third-order valence-corrected chi connectivity index (χ3v) is 6.20. The van der Waals surface area contributed by atoms with Gasteiger partial charge >= 0.3 is 0 Å². The number of hydrogen-bond donors (Lipinski definition) is 0. The largest absolute Gasteiger partial charge is 0.337 e. The van der Waals surface area contributed by atoms with Crippen LogP contribution in [-0.4, -0.2) is 38.7 Å². The van der Waals surface area contributed by atoms with E-state index in [1.165, 1.54) is 12.1 Å². The lowest BCUT2D eigenvalue weighted by Gasteiger charge is -2.33. The van der Waals surface area contributed by atoms with Crippen LogP contribution in [0.3, 0.4) is 0 Å². The molecule has 1 saturated heterocycles. The molecule has 162 valence electrons. The summed E-state index contributed by atoms with van der Waals surface area (Å²) in [6, 6.07) is 10.7. The lowest BCUT2D eigenvalue weighted by molar-refractivity contribution is 0.0694. The van der Waals surface area contributed by atoms with Crippen molar-refractivity contribution in [2.45, 2.75) is 46.0 Å². The first kappa shape index (κ1) is 21.2. The van der Waals surface area contributed by atoms with Gasteiger partial charge in [0.15, 0.2) is 0 Å². The van der Waals surface area contributed by atoms with Crippen LogP contribution in [0.1, 0.15) is 58.8 Å². The average molecular weight is 421 g/mol. The third kappa shape index (κ3) is 4.24. The number of nitrogens with zero attached hydrogens (tertiary/aromatic N) is 4. The molecule has 6 heteroatoms. The van der Waals surface area contributed by atoms with Crippen molar-refractivity contribution in [3.8, 4) is 11.1 Å². The zero-order chi connectivity index (χ0) is 22.1. The predicted molar refractivity (Wildman–Crippen MR) is 120 cm³/mol. The standard InChI is InChI=1S/C25H29FN4O/c1-5-22-17(3)24(29(4)28-22)25(31)30-12-6-7-19(15-30)23-14-20(13-16(2)27-23)18-8-10-21(26)11-9-18/h8-11,13-14,19H,5-7,12,15H2,1-4H3/t19-/m0/s1. The van der Waals surface area contributed by atoms with E-state index in [1.54, 1.807) is 16.8 Å². The van der Waals surface area contributed by atoms with Gasteiger partial charge in [0, 0.05) is 43.0 Å². The fourth-order valence-electron chi connectivity index (χ4n) is 4.59. The maximum atomic E-state index is 13.3. The van der Waals surface area contributed by atoms with Gasteiger partial charge in [-0.05, 0) is 68.5 Å². The van der Waals surface area contributed by atoms with E-state index in [2.05, 4.69) is 18.1 Å². The van der Waals surface area contributed by atoms with Crippen molar-refractivity contribution in [3.05, 3.63) is 70.6 Å². The highest BCUT2D eigenvalue weighted by Crippen LogP contribution is 2.30. The van der Waals surface area contributed by atoms with Gasteiger partial charge in [0.2, 0.25) is 0 Å². The Bertz CT molecular complexity index is 1100. The topological polar surface area (TPSA) is 51.0 Å². The summed E-state index contributed by atoms with van der Waals surface area (Å²) in [6.45, 7) is 7.41. The van der Waals surface area contributed by atoms with Crippen LogP contribution in [0.2, 0.25) is 0 Å². The zero-order valence-electron chi connectivity index (χ0n) is 18.7. The summed E-state index contributed by atoms with van der Waals surface area (Å²) in [5.41, 5.74) is 6.55. The highest BCUT2D eigenvalue weighted by Gasteiger charge is 2.29. The number of halogens is 1. The van der Waals surface area contributed by atoms with Crippen molar-refractivity contribution in [2.24, 2.45) is 7.05 Å². The van der Waals surface area contributed by atoms with E-state index in [1.807, 2.05) is 31.9 Å². The van der Waals surface area contributed by atoms with Crippen molar-refractivity contribution in [3.63, 3.8) is 0 Å². The maximum Gasteiger partial charge on any atom is 0.272 e. The molecule has 1 aliphatic heterocycles. The Morgan fingerprint density at radius 1 is 1.16 bits per heavy atom. The predicted octanol–water partition coefficient (Wildman–Crippen LogP) is 4.82. The first-order valence-electron chi connectivity index (χ1n) is 10.9. The van der Waals surface area contributed by atoms with Crippen LogP contribution in [0.15, 0.2) is 36.4 Å². The van der Waals surface area contributed by atoms with Crippen LogP contribution in [0.4, 0.5) is 4.39 Å². The Labute approximate surface area is 182 Å². The number of pyridine rings is 1. The molecule has 0 saturated carbocycles. The Morgan fingerprint density at radius 2 is 1.90 bits per heavy atom. The minimum Gasteiger partial charge on any atom is -0.337 e. The Hall–Kier alpha value is -3.02. The SMILES string of the molecule is CCc1nn(C)c(C(=O)N2CCC[C@H](c3cc(-c4ccc(F)cc4)cc(C)n3)C2)c1C. The summed E-state index contributed by atoms with van der Waals surface area (Å²) in [4.78, 5) is 20.1. The molecule has 0 spiro atoms. The highest BCUT2D eigenvalue weighted by atomic mass is 19.1. The number of likely N-dealkylation sites (tertiary alicyclic amines) is 1. The summed E-state index contributed by atoms with van der Waals surface area (Å²) in [5, 5.41) is 4.51. The zero-order valence-corrected chi connectivity index (χ0v) is 18.7. The summed E-state index contributed by atoms with van der Waals surface area (Å²) < 4.78 is 15.1. The molecule has 0 unspecified atom stereocenters. The molecule has 5 nitrogen and oxygen atoms in total. The van der Waals surface area contributed by atoms with Gasteiger partial charge in [-0.15, -0.1) is 0 Å². The molecule has 0 N–H and O–H groups in total. The summed E-state index contributed by atoms with van der Waals surface area (Å²) in [7, 11) is 1.85. The Kier molecular flexibility index (Phi) is 5.90. The van der Waals surface area contributed by atoms with Crippen LogP contribution >= 0.6 is 0 Å². The lowest BCUT2D eigenvalue weighted by atomic mass is 9.92. The second-order valence-electron chi connectivity index (χ2n) is 8.42. The maximum absolute atomic E-state index is 13.3. The van der Waals surface area contributed by atoms with E-state index < -0.39 is 0 Å². The van der Waals surface area contributed by atoms with Crippen LogP contribution in [0.5, 0.6) is 0 Å². The number of carbonyl (C=O) groups is 1. The molecule has 1 aliphatic rings. The monoisotopic (exact) mass is 420 g/mol. The molecule has 0 aliphatic carbocycles. The van der Waals surface area contributed by atoms with Gasteiger partial charge in [-0.2, -0.15) is 5.10 Å². The number of amides is 1. The molecule has 2 aromatic heterocycles. The fraction of sp³-hybridized carbons (Fsp3) is 0.400. The number of benzene rings is 1. The van der Waals surface area contributed by atoms with Crippen molar-refractivity contribution in [2.75, 3.05) is 13.1 Å². The lowest BCUT2D eigenvalue weighted by Crippen LogP contribution is -2.40. The molecule has 4 rings (SSSR count). The number of rotatable bonds is 4. The smallest absolute Gasteiger partial charge is 0.272 e. The fourth-order valence-corrected chi connectivity index (χ4v) is 4.59. The van der Waals surface area contributed by atoms with Gasteiger partial charge in [0.25, 0.3) is 5.91 Å². The highest BCUT2D eigenvalue weighted by molar-refractivity contribution is 5.94. The first-order chi connectivity index (χ1) is 14.9. The van der Waals surface area contributed by atoms with Gasteiger partial charge in [-0.25, -0.2) is 4.39 Å². The van der Waals surface area contributed by atoms with Crippen molar-refractivity contribution in [1.29, 1.82) is 0 Å². The molecule has 3 aromatic rings. The molecule has 1 aromatic carbocycles. The number of aromatic nitrogens is 3. The minimum absolute atomic E-state index is 0.0447. The van der Waals surface area contributed by atoms with Gasteiger partial charge in [-0.1, -0.05) is 19.1 Å². The van der Waals surface area contributed by atoms with Crippen molar-refractivity contribution in [1.82, 2.24) is 19.7 Å². The molecule has 1 fully saturated rings. The van der Waals surface area contributed by atoms with Crippen molar-refractivity contribution < 1.29 is 9.18 Å². The second-order valence-corrected chi connectivity index (χ2v) is 8.42. The average Bonchev–Trinajstić information content (AvgIpc) is 3.06. The number of aryl methyl sites for hydroxylation is 3. The van der Waals surface area contributed by atoms with E-state index in [-0.39, 0.29) is 17.6 Å². The van der Waals surface area contributed by atoms with Gasteiger partial charge in [-0.3, -0.25) is 14.5 Å². The molecule has 31 heavy (non-hydrogen) atoms. The van der Waals surface area contributed by atoms with Gasteiger partial charge < -0.3 is 4.90 Å². The van der Waals surface area contributed by atoms with Gasteiger partial charge in [0.1, 0.15) is 11.5 Å². The van der Waals surface area contributed by atoms with E-state index >= 15 is 0 Å². The van der Waals surface area contributed by atoms with Crippen LogP contribution in [0, 0.1) is 19.7 Å². The molecule has 1 atom stereocenters. The number of piperidine rings is 1. The molecular formula is C25H29FN4O. The van der Waals surface area contributed by atoms with Crippen LogP contribution in [0.25, 0.3) is 11.1 Å². The van der Waals surface area contributed by atoms with Crippen LogP contribution < -0.4 is 0 Å². The first-order valence-corrected chi connectivity index (χ1v) is 10.9. The van der Waals surface area contributed by atoms with E-state index in [4.69, 9.17) is 4.98 Å². The van der Waals surface area contributed by atoms with Crippen molar-refractivity contribution >= 4 is 5.91 Å². The summed E-state index contributed by atoms with van der Waals surface area (Å²) in [6.07, 6.45) is 2.75. The molecular weight excluding hydrogens is 391 g/mol. The summed E-state index contributed by atoms with van der Waals surface area (Å²) in [5.74, 6) is -0.0211. The van der Waals surface area contributed by atoms with E-state index in [0.717, 1.165) is 59.6 Å². The number of carbonyl (C=O) groups excluding carboxylic acids is 1. The van der Waals surface area contributed by atoms with E-state index in [9.17, 15) is 9.18 Å². The normalized spacial score (nSPS) is 16.5. The molecule has 1 amide bonds. The van der Waals surface area contributed by atoms with Crippen LogP contribution in [-0.2, 0) is 13.5 Å². The molecule has 0 bridgehead atoms. The number of hydrogen-bond acceptors (Lipinski definition) is 3. The molecule has 3 heterocycles. The Morgan fingerprint density at radius 3 is 2.58 bits per heavy atom. The molecule has 0 radical (unpaired) electrons. The minimum atomic E-state index is -0.243.